The first-order chi connectivity index (χ1) is 11.1. The molecule has 0 amide bonds. The molecule has 2 aromatic carbocycles. The maximum Gasteiger partial charge on any atom is 0.416 e. The van der Waals surface area contributed by atoms with Gasteiger partial charge in [0.2, 0.25) is 0 Å². The third-order valence-corrected chi connectivity index (χ3v) is 4.45. The average Bonchev–Trinajstić information content (AvgIpc) is 2.57. The zero-order chi connectivity index (χ0) is 16.3. The fourth-order valence-corrected chi connectivity index (χ4v) is 3.31. The van der Waals surface area contributed by atoms with Crippen LogP contribution in [-0.2, 0) is 6.18 Å². The van der Waals surface area contributed by atoms with Crippen molar-refractivity contribution < 1.29 is 23.4 Å². The van der Waals surface area contributed by atoms with Crippen molar-refractivity contribution in [1.29, 1.82) is 0 Å². The minimum absolute atomic E-state index is 0.0900. The molecule has 2 aromatic rings. The minimum atomic E-state index is -4.28. The highest BCUT2D eigenvalue weighted by molar-refractivity contribution is 5.32. The van der Waals surface area contributed by atoms with Crippen LogP contribution in [0.15, 0.2) is 54.6 Å². The van der Waals surface area contributed by atoms with Gasteiger partial charge in [-0.1, -0.05) is 42.5 Å². The molecule has 1 saturated heterocycles. The van der Waals surface area contributed by atoms with Gasteiger partial charge in [0, 0.05) is 11.1 Å². The maximum absolute atomic E-state index is 12.8. The van der Waals surface area contributed by atoms with Crippen molar-refractivity contribution in [1.82, 2.24) is 0 Å². The average molecular weight is 322 g/mol. The number of rotatable bonds is 3. The molecule has 122 valence electrons. The van der Waals surface area contributed by atoms with Crippen molar-refractivity contribution in [3.05, 3.63) is 71.3 Å². The molecule has 0 aromatic heterocycles. The highest BCUT2D eigenvalue weighted by atomic mass is 19.4. The smallest absolute Gasteiger partial charge is 0.337 e. The van der Waals surface area contributed by atoms with Gasteiger partial charge in [0.15, 0.2) is 0 Å². The van der Waals surface area contributed by atoms with Crippen LogP contribution in [0.1, 0.15) is 22.7 Å². The van der Waals surface area contributed by atoms with Gasteiger partial charge >= 0.3 is 6.18 Å². The Morgan fingerprint density at radius 1 is 0.826 bits per heavy atom. The topological polar surface area (TPSA) is 21.1 Å². The molecule has 0 saturated carbocycles. The molecule has 0 radical (unpaired) electrons. The maximum atomic E-state index is 12.8. The third kappa shape index (κ3) is 3.74. The van der Waals surface area contributed by atoms with Gasteiger partial charge in [-0.25, -0.2) is 0 Å². The van der Waals surface area contributed by atoms with E-state index in [-0.39, 0.29) is 6.04 Å². The van der Waals surface area contributed by atoms with Crippen molar-refractivity contribution in [2.45, 2.75) is 12.2 Å². The molecule has 1 aliphatic rings. The Balaban J connectivity index is 1.94. The lowest BCUT2D eigenvalue weighted by molar-refractivity contribution is -0.967. The van der Waals surface area contributed by atoms with Gasteiger partial charge in [-0.15, -0.1) is 0 Å². The Labute approximate surface area is 133 Å². The van der Waals surface area contributed by atoms with Crippen molar-refractivity contribution in [3.63, 3.8) is 0 Å². The molecular formula is C18H21F3N2+2. The Hall–Kier alpha value is -1.85. The first kappa shape index (κ1) is 16.0. The number of quaternary nitrogens is 2. The van der Waals surface area contributed by atoms with Crippen LogP contribution < -0.4 is 10.2 Å². The highest BCUT2D eigenvalue weighted by Gasteiger charge is 2.32. The summed E-state index contributed by atoms with van der Waals surface area (Å²) in [6.07, 6.45) is -4.28. The number of halogens is 3. The molecule has 1 atom stereocenters. The molecule has 1 fully saturated rings. The summed E-state index contributed by atoms with van der Waals surface area (Å²) in [7, 11) is 0. The minimum Gasteiger partial charge on any atom is -0.337 e. The first-order valence-electron chi connectivity index (χ1n) is 7.94. The fraction of sp³-hybridized carbons (Fsp3) is 0.333. The number of alkyl halides is 3. The number of benzene rings is 2. The largest absolute Gasteiger partial charge is 0.416 e. The predicted octanol–water partition coefficient (Wildman–Crippen LogP) is 1.26. The highest BCUT2D eigenvalue weighted by Crippen LogP contribution is 2.30. The summed E-state index contributed by atoms with van der Waals surface area (Å²) in [6.45, 7) is 4.14. The number of nitrogens with two attached hydrogens (primary N) is 1. The number of hydrogen-bond donors (Lipinski definition) is 2. The lowest BCUT2D eigenvalue weighted by Crippen LogP contribution is -3.20. The van der Waals surface area contributed by atoms with Gasteiger partial charge < -0.3 is 10.2 Å². The van der Waals surface area contributed by atoms with Crippen LogP contribution >= 0.6 is 0 Å². The van der Waals surface area contributed by atoms with E-state index in [1.54, 1.807) is 12.1 Å². The lowest BCUT2D eigenvalue weighted by atomic mass is 9.95. The Bertz CT molecular complexity index is 617. The summed E-state index contributed by atoms with van der Waals surface area (Å²) < 4.78 is 38.4. The molecule has 0 bridgehead atoms. The molecule has 1 heterocycles. The van der Waals surface area contributed by atoms with E-state index in [0.717, 1.165) is 37.3 Å². The second-order valence-electron chi connectivity index (χ2n) is 5.99. The summed E-state index contributed by atoms with van der Waals surface area (Å²) in [5, 5.41) is 2.29. The third-order valence-electron chi connectivity index (χ3n) is 4.45. The molecule has 0 aliphatic carbocycles. The Kier molecular flexibility index (Phi) is 4.68. The van der Waals surface area contributed by atoms with E-state index in [4.69, 9.17) is 0 Å². The van der Waals surface area contributed by atoms with Crippen molar-refractivity contribution in [3.8, 4) is 0 Å². The van der Waals surface area contributed by atoms with Gasteiger partial charge in [-0.3, -0.25) is 0 Å². The van der Waals surface area contributed by atoms with Crippen molar-refractivity contribution >= 4 is 0 Å². The van der Waals surface area contributed by atoms with Crippen molar-refractivity contribution in [2.75, 3.05) is 26.2 Å². The van der Waals surface area contributed by atoms with Crippen LogP contribution in [0.3, 0.4) is 0 Å². The standard InChI is InChI=1S/C18H19F3N2/c19-18(20,21)16-8-6-15(7-9-16)17(14-4-2-1-3-5-14)23-12-10-22-11-13-23/h1-9,17,22H,10-13H2/p+2/t17-/m1/s1. The van der Waals surface area contributed by atoms with Crippen LogP contribution in [0.4, 0.5) is 13.2 Å². The van der Waals surface area contributed by atoms with E-state index in [1.807, 2.05) is 18.2 Å². The van der Waals surface area contributed by atoms with E-state index < -0.39 is 11.7 Å². The van der Waals surface area contributed by atoms with E-state index >= 15 is 0 Å². The second kappa shape index (κ2) is 6.72. The van der Waals surface area contributed by atoms with Gasteiger partial charge in [-0.2, -0.15) is 13.2 Å². The second-order valence-corrected chi connectivity index (χ2v) is 5.99. The van der Waals surface area contributed by atoms with Crippen LogP contribution in [-0.4, -0.2) is 26.2 Å². The van der Waals surface area contributed by atoms with Gasteiger partial charge in [0.25, 0.3) is 0 Å². The Morgan fingerprint density at radius 3 is 1.96 bits per heavy atom. The van der Waals surface area contributed by atoms with Crippen LogP contribution in [0.25, 0.3) is 0 Å². The summed E-state index contributed by atoms with van der Waals surface area (Å²) in [6, 6.07) is 15.8. The summed E-state index contributed by atoms with van der Waals surface area (Å²) in [5.74, 6) is 0. The zero-order valence-corrected chi connectivity index (χ0v) is 12.8. The predicted molar refractivity (Wildman–Crippen MR) is 82.1 cm³/mol. The number of hydrogen-bond acceptors (Lipinski definition) is 0. The van der Waals surface area contributed by atoms with E-state index in [1.165, 1.54) is 17.0 Å². The summed E-state index contributed by atoms with van der Waals surface area (Å²) >= 11 is 0. The number of piperazine rings is 1. The van der Waals surface area contributed by atoms with Crippen LogP contribution in [0, 0.1) is 0 Å². The molecule has 3 rings (SSSR count). The van der Waals surface area contributed by atoms with E-state index in [9.17, 15) is 13.2 Å². The monoisotopic (exact) mass is 322 g/mol. The van der Waals surface area contributed by atoms with E-state index in [2.05, 4.69) is 17.4 Å². The van der Waals surface area contributed by atoms with E-state index in [0.29, 0.717) is 0 Å². The van der Waals surface area contributed by atoms with Gasteiger partial charge in [0.1, 0.15) is 32.2 Å². The van der Waals surface area contributed by atoms with Crippen LogP contribution in [0.5, 0.6) is 0 Å². The molecule has 0 unspecified atom stereocenters. The SMILES string of the molecule is FC(F)(F)c1ccc([C@@H](c2ccccc2)[NH+]2CC[NH2+]CC2)cc1. The van der Waals surface area contributed by atoms with Crippen molar-refractivity contribution in [2.24, 2.45) is 0 Å². The van der Waals surface area contributed by atoms with Gasteiger partial charge in [0.05, 0.1) is 5.56 Å². The van der Waals surface area contributed by atoms with Gasteiger partial charge in [-0.05, 0) is 12.1 Å². The molecule has 0 spiro atoms. The molecule has 1 aliphatic heterocycles. The molecule has 5 heteroatoms. The molecule has 2 nitrogen and oxygen atoms in total. The normalized spacial score (nSPS) is 17.9. The summed E-state index contributed by atoms with van der Waals surface area (Å²) in [5.41, 5.74) is 1.51. The molecular weight excluding hydrogens is 301 g/mol. The van der Waals surface area contributed by atoms with Crippen LogP contribution in [0.2, 0.25) is 0 Å². The zero-order valence-electron chi connectivity index (χ0n) is 12.8. The molecule has 3 N–H and O–H groups in total. The molecule has 23 heavy (non-hydrogen) atoms. The Morgan fingerprint density at radius 2 is 1.39 bits per heavy atom. The lowest BCUT2D eigenvalue weighted by Gasteiger charge is -2.31. The number of nitrogens with one attached hydrogen (secondary N) is 1. The first-order valence-corrected chi connectivity index (χ1v) is 7.94. The summed E-state index contributed by atoms with van der Waals surface area (Å²) in [4.78, 5) is 1.42. The quantitative estimate of drug-likeness (QED) is 0.849. The fourth-order valence-electron chi connectivity index (χ4n) is 3.31.